The highest BCUT2D eigenvalue weighted by Crippen LogP contribution is 2.23. The Labute approximate surface area is 123 Å². The fraction of sp³-hybridized carbons (Fsp3) is 0.267. The third kappa shape index (κ3) is 2.45. The summed E-state index contributed by atoms with van der Waals surface area (Å²) in [5, 5.41) is 5.20. The summed E-state index contributed by atoms with van der Waals surface area (Å²) < 4.78 is 1.75. The average Bonchev–Trinajstić information content (AvgIpc) is 2.89. The fourth-order valence-electron chi connectivity index (χ4n) is 2.50. The van der Waals surface area contributed by atoms with E-state index in [1.54, 1.807) is 17.2 Å². The number of benzene rings is 1. The van der Waals surface area contributed by atoms with Crippen LogP contribution in [0.5, 0.6) is 0 Å². The lowest BCUT2D eigenvalue weighted by Gasteiger charge is -2.20. The zero-order valence-electron chi connectivity index (χ0n) is 12.2. The number of rotatable bonds is 4. The Kier molecular flexibility index (Phi) is 3.53. The molecule has 0 fully saturated rings. The van der Waals surface area contributed by atoms with Crippen molar-refractivity contribution in [3.8, 4) is 0 Å². The number of nitrogens with two attached hydrogens (primary N) is 1. The van der Waals surface area contributed by atoms with Crippen molar-refractivity contribution in [2.45, 2.75) is 13.1 Å². The first-order valence-electron chi connectivity index (χ1n) is 6.81. The Hall–Kier alpha value is -2.47. The predicted octanol–water partition coefficient (Wildman–Crippen LogP) is 1.46. The fourth-order valence-corrected chi connectivity index (χ4v) is 2.50. The van der Waals surface area contributed by atoms with E-state index in [0.717, 1.165) is 29.0 Å². The molecule has 0 unspecified atom stereocenters. The van der Waals surface area contributed by atoms with Crippen LogP contribution in [0.3, 0.4) is 0 Å². The number of aryl methyl sites for hydroxylation is 1. The molecular formula is C15H18N6. The van der Waals surface area contributed by atoms with Gasteiger partial charge in [-0.15, -0.1) is 0 Å². The van der Waals surface area contributed by atoms with Crippen LogP contribution in [0, 0.1) is 0 Å². The molecule has 0 aliphatic carbocycles. The van der Waals surface area contributed by atoms with Gasteiger partial charge >= 0.3 is 0 Å². The number of anilines is 1. The van der Waals surface area contributed by atoms with Crippen LogP contribution in [0.1, 0.15) is 11.1 Å². The summed E-state index contributed by atoms with van der Waals surface area (Å²) in [6, 6.07) is 8.20. The molecule has 2 heterocycles. The average molecular weight is 282 g/mol. The lowest BCUT2D eigenvalue weighted by molar-refractivity contribution is 0.785. The van der Waals surface area contributed by atoms with E-state index in [0.29, 0.717) is 6.54 Å². The Morgan fingerprint density at radius 3 is 2.71 bits per heavy atom. The zero-order chi connectivity index (χ0) is 14.8. The monoisotopic (exact) mass is 282 g/mol. The maximum atomic E-state index is 5.80. The molecule has 0 saturated heterocycles. The quantitative estimate of drug-likeness (QED) is 0.784. The third-order valence-corrected chi connectivity index (χ3v) is 3.62. The van der Waals surface area contributed by atoms with Crippen LogP contribution in [0.15, 0.2) is 36.8 Å². The van der Waals surface area contributed by atoms with Crippen molar-refractivity contribution in [3.63, 3.8) is 0 Å². The summed E-state index contributed by atoms with van der Waals surface area (Å²) in [6.45, 7) is 1.28. The van der Waals surface area contributed by atoms with E-state index in [-0.39, 0.29) is 0 Å². The summed E-state index contributed by atoms with van der Waals surface area (Å²) in [6.07, 6.45) is 3.38. The topological polar surface area (TPSA) is 72.9 Å². The minimum Gasteiger partial charge on any atom is -0.355 e. The molecule has 3 rings (SSSR count). The number of hydrogen-bond donors (Lipinski definition) is 1. The summed E-state index contributed by atoms with van der Waals surface area (Å²) in [5.74, 6) is 0.875. The predicted molar refractivity (Wildman–Crippen MR) is 82.7 cm³/mol. The van der Waals surface area contributed by atoms with Crippen molar-refractivity contribution in [2.24, 2.45) is 12.8 Å². The van der Waals surface area contributed by atoms with Gasteiger partial charge in [-0.05, 0) is 11.1 Å². The minimum absolute atomic E-state index is 0.538. The molecule has 21 heavy (non-hydrogen) atoms. The molecule has 3 aromatic rings. The molecule has 0 atom stereocenters. The highest BCUT2D eigenvalue weighted by molar-refractivity contribution is 5.86. The smallest absolute Gasteiger partial charge is 0.163 e. The minimum atomic E-state index is 0.538. The standard InChI is InChI=1S/C15H18N6/c1-20(9-12-6-4-3-5-11(12)7-16)14-13-8-19-21(2)15(13)18-10-17-14/h3-6,8,10H,7,9,16H2,1-2H3. The molecule has 1 aromatic carbocycles. The second-order valence-corrected chi connectivity index (χ2v) is 5.03. The molecule has 0 amide bonds. The number of nitrogens with zero attached hydrogens (tertiary/aromatic N) is 5. The van der Waals surface area contributed by atoms with Gasteiger partial charge in [0.2, 0.25) is 0 Å². The molecule has 0 bridgehead atoms. The number of fused-ring (bicyclic) bond motifs is 1. The molecule has 0 aliphatic heterocycles. The van der Waals surface area contributed by atoms with Gasteiger partial charge in [0.25, 0.3) is 0 Å². The molecule has 0 spiro atoms. The van der Waals surface area contributed by atoms with E-state index >= 15 is 0 Å². The summed E-state index contributed by atoms with van der Waals surface area (Å²) in [7, 11) is 3.89. The Morgan fingerprint density at radius 1 is 1.19 bits per heavy atom. The van der Waals surface area contributed by atoms with Gasteiger partial charge in [-0.2, -0.15) is 5.10 Å². The van der Waals surface area contributed by atoms with Crippen LogP contribution in [-0.2, 0) is 20.1 Å². The van der Waals surface area contributed by atoms with Gasteiger partial charge in [-0.3, -0.25) is 4.68 Å². The van der Waals surface area contributed by atoms with Gasteiger partial charge in [0.15, 0.2) is 5.65 Å². The molecule has 2 aromatic heterocycles. The lowest BCUT2D eigenvalue weighted by Crippen LogP contribution is -2.19. The first kappa shape index (κ1) is 13.5. The highest BCUT2D eigenvalue weighted by atomic mass is 15.3. The first-order valence-corrected chi connectivity index (χ1v) is 6.81. The van der Waals surface area contributed by atoms with Gasteiger partial charge in [0.1, 0.15) is 12.1 Å². The van der Waals surface area contributed by atoms with Crippen LogP contribution in [-0.4, -0.2) is 26.8 Å². The molecular weight excluding hydrogens is 264 g/mol. The molecule has 0 radical (unpaired) electrons. The highest BCUT2D eigenvalue weighted by Gasteiger charge is 2.13. The third-order valence-electron chi connectivity index (χ3n) is 3.62. The van der Waals surface area contributed by atoms with Gasteiger partial charge in [-0.25, -0.2) is 9.97 Å². The second kappa shape index (κ2) is 5.49. The van der Waals surface area contributed by atoms with Crippen molar-refractivity contribution in [1.82, 2.24) is 19.7 Å². The molecule has 0 saturated carbocycles. The molecule has 108 valence electrons. The largest absolute Gasteiger partial charge is 0.355 e. The molecule has 0 aliphatic rings. The van der Waals surface area contributed by atoms with Crippen LogP contribution in [0.2, 0.25) is 0 Å². The van der Waals surface area contributed by atoms with Crippen LogP contribution < -0.4 is 10.6 Å². The Bertz CT molecular complexity index is 764. The normalized spacial score (nSPS) is 11.0. The van der Waals surface area contributed by atoms with E-state index in [1.165, 1.54) is 5.56 Å². The maximum Gasteiger partial charge on any atom is 0.163 e. The second-order valence-electron chi connectivity index (χ2n) is 5.03. The van der Waals surface area contributed by atoms with Crippen molar-refractivity contribution in [2.75, 3.05) is 11.9 Å². The van der Waals surface area contributed by atoms with Gasteiger partial charge in [-0.1, -0.05) is 24.3 Å². The Morgan fingerprint density at radius 2 is 1.95 bits per heavy atom. The van der Waals surface area contributed by atoms with Crippen LogP contribution in [0.25, 0.3) is 11.0 Å². The Balaban J connectivity index is 1.95. The summed E-state index contributed by atoms with van der Waals surface area (Å²) in [5.41, 5.74) is 8.99. The first-order chi connectivity index (χ1) is 10.2. The van der Waals surface area contributed by atoms with E-state index in [1.807, 2.05) is 26.2 Å². The van der Waals surface area contributed by atoms with Gasteiger partial charge < -0.3 is 10.6 Å². The lowest BCUT2D eigenvalue weighted by atomic mass is 10.1. The number of aromatic nitrogens is 4. The summed E-state index contributed by atoms with van der Waals surface area (Å²) >= 11 is 0. The van der Waals surface area contributed by atoms with Gasteiger partial charge in [0.05, 0.1) is 11.6 Å². The van der Waals surface area contributed by atoms with Crippen molar-refractivity contribution in [3.05, 3.63) is 47.9 Å². The van der Waals surface area contributed by atoms with E-state index in [4.69, 9.17) is 5.73 Å². The zero-order valence-corrected chi connectivity index (χ0v) is 12.2. The SMILES string of the molecule is CN(Cc1ccccc1CN)c1ncnc2c1cnn2C. The molecule has 6 heteroatoms. The van der Waals surface area contributed by atoms with Gasteiger partial charge in [0, 0.05) is 27.2 Å². The summed E-state index contributed by atoms with van der Waals surface area (Å²) in [4.78, 5) is 10.8. The van der Waals surface area contributed by atoms with Crippen LogP contribution >= 0.6 is 0 Å². The van der Waals surface area contributed by atoms with E-state index < -0.39 is 0 Å². The van der Waals surface area contributed by atoms with Crippen molar-refractivity contribution in [1.29, 1.82) is 0 Å². The van der Waals surface area contributed by atoms with E-state index in [2.05, 4.69) is 32.1 Å². The van der Waals surface area contributed by atoms with E-state index in [9.17, 15) is 0 Å². The van der Waals surface area contributed by atoms with Crippen LogP contribution in [0.4, 0.5) is 5.82 Å². The van der Waals surface area contributed by atoms with Crippen molar-refractivity contribution >= 4 is 16.9 Å². The number of hydrogen-bond acceptors (Lipinski definition) is 5. The molecule has 6 nitrogen and oxygen atoms in total. The van der Waals surface area contributed by atoms with Crippen molar-refractivity contribution < 1.29 is 0 Å². The molecule has 2 N–H and O–H groups in total. The maximum absolute atomic E-state index is 5.80.